The lowest BCUT2D eigenvalue weighted by Gasteiger charge is -2.18. The fourth-order valence-electron chi connectivity index (χ4n) is 3.14. The largest absolute Gasteiger partial charge is 0.493 e. The zero-order valence-corrected chi connectivity index (χ0v) is 15.2. The predicted octanol–water partition coefficient (Wildman–Crippen LogP) is 3.82. The van der Waals surface area contributed by atoms with Crippen molar-refractivity contribution >= 4 is 17.2 Å². The molecule has 3 rings (SSSR count). The molecule has 2 aromatic rings. The average Bonchev–Trinajstić information content (AvgIpc) is 3.02. The van der Waals surface area contributed by atoms with Crippen molar-refractivity contribution in [1.29, 1.82) is 0 Å². The number of benzene rings is 1. The Bertz CT molecular complexity index is 738. The first kappa shape index (κ1) is 16.8. The number of nitrogens with one attached hydrogen (secondary N) is 1. The molecule has 5 heteroatoms. The van der Waals surface area contributed by atoms with Crippen LogP contribution in [0.4, 0.5) is 0 Å². The minimum absolute atomic E-state index is 0.0110. The van der Waals surface area contributed by atoms with Crippen LogP contribution in [0, 0.1) is 5.92 Å². The molecule has 24 heavy (non-hydrogen) atoms. The van der Waals surface area contributed by atoms with Crippen molar-refractivity contribution in [3.8, 4) is 11.5 Å². The zero-order chi connectivity index (χ0) is 17.1. The Kier molecular flexibility index (Phi) is 5.09. The van der Waals surface area contributed by atoms with Crippen molar-refractivity contribution in [2.24, 2.45) is 5.92 Å². The summed E-state index contributed by atoms with van der Waals surface area (Å²) in [5.41, 5.74) is 3.09. The Morgan fingerprint density at radius 3 is 2.83 bits per heavy atom. The number of thiophene rings is 1. The molecule has 0 radical (unpaired) electrons. The third-order valence-electron chi connectivity index (χ3n) is 4.55. The van der Waals surface area contributed by atoms with Crippen molar-refractivity contribution < 1.29 is 14.3 Å². The van der Waals surface area contributed by atoms with Crippen molar-refractivity contribution in [1.82, 2.24) is 5.32 Å². The van der Waals surface area contributed by atoms with Crippen LogP contribution >= 0.6 is 11.3 Å². The first-order valence-electron chi connectivity index (χ1n) is 8.20. The maximum absolute atomic E-state index is 12.5. The van der Waals surface area contributed by atoms with Gasteiger partial charge in [0.25, 0.3) is 5.91 Å². The van der Waals surface area contributed by atoms with Crippen LogP contribution in [0.25, 0.3) is 0 Å². The molecular formula is C19H23NO3S. The van der Waals surface area contributed by atoms with Crippen LogP contribution in [-0.2, 0) is 19.4 Å². The molecule has 0 bridgehead atoms. The Morgan fingerprint density at radius 1 is 1.29 bits per heavy atom. The number of carbonyl (C=O) groups is 1. The van der Waals surface area contributed by atoms with E-state index in [1.54, 1.807) is 25.6 Å². The number of hydrogen-bond acceptors (Lipinski definition) is 4. The molecule has 1 heterocycles. The highest BCUT2D eigenvalue weighted by Gasteiger charge is 2.23. The molecule has 0 aliphatic heterocycles. The van der Waals surface area contributed by atoms with Crippen LogP contribution in [0.2, 0.25) is 0 Å². The van der Waals surface area contributed by atoms with Crippen molar-refractivity contribution in [3.63, 3.8) is 0 Å². The Labute approximate surface area is 146 Å². The molecule has 0 saturated carbocycles. The maximum Gasteiger partial charge on any atom is 0.252 e. The summed E-state index contributed by atoms with van der Waals surface area (Å²) in [5.74, 6) is 2.09. The standard InChI is InChI=1S/C19H23NO3S/c1-12-4-6-14-15(11-24-18(14)8-12)19(21)20-10-13-5-7-16(22-2)17(9-13)23-3/h5,7,9,11-12H,4,6,8,10H2,1-3H3,(H,20,21). The van der Waals surface area contributed by atoms with E-state index in [-0.39, 0.29) is 5.91 Å². The van der Waals surface area contributed by atoms with E-state index >= 15 is 0 Å². The van der Waals surface area contributed by atoms with E-state index in [9.17, 15) is 4.79 Å². The topological polar surface area (TPSA) is 47.6 Å². The van der Waals surface area contributed by atoms with E-state index in [2.05, 4.69) is 12.2 Å². The van der Waals surface area contributed by atoms with Crippen molar-refractivity contribution in [2.75, 3.05) is 14.2 Å². The van der Waals surface area contributed by atoms with Crippen LogP contribution in [0.3, 0.4) is 0 Å². The van der Waals surface area contributed by atoms with Gasteiger partial charge in [-0.2, -0.15) is 0 Å². The lowest BCUT2D eigenvalue weighted by molar-refractivity contribution is 0.0950. The van der Waals surface area contributed by atoms with Crippen LogP contribution in [0.5, 0.6) is 11.5 Å². The molecule has 1 unspecified atom stereocenters. The fraction of sp³-hybridized carbons (Fsp3) is 0.421. The number of rotatable bonds is 5. The lowest BCUT2D eigenvalue weighted by atomic mass is 9.88. The summed E-state index contributed by atoms with van der Waals surface area (Å²) in [6.45, 7) is 2.75. The van der Waals surface area contributed by atoms with E-state index in [1.165, 1.54) is 16.9 Å². The van der Waals surface area contributed by atoms with Gasteiger partial charge in [-0.05, 0) is 48.4 Å². The van der Waals surface area contributed by atoms with Gasteiger partial charge in [0.1, 0.15) is 0 Å². The molecule has 0 saturated heterocycles. The molecule has 1 aromatic carbocycles. The van der Waals surface area contributed by atoms with Gasteiger partial charge >= 0.3 is 0 Å². The van der Waals surface area contributed by atoms with Gasteiger partial charge in [-0.3, -0.25) is 4.79 Å². The fourth-order valence-corrected chi connectivity index (χ4v) is 4.38. The number of ether oxygens (including phenoxy) is 2. The first-order chi connectivity index (χ1) is 11.6. The Balaban J connectivity index is 1.68. The van der Waals surface area contributed by atoms with Gasteiger partial charge in [0.15, 0.2) is 11.5 Å². The zero-order valence-electron chi connectivity index (χ0n) is 14.3. The quantitative estimate of drug-likeness (QED) is 0.896. The summed E-state index contributed by atoms with van der Waals surface area (Å²) in [6.07, 6.45) is 3.28. The summed E-state index contributed by atoms with van der Waals surface area (Å²) >= 11 is 1.72. The van der Waals surface area contributed by atoms with Gasteiger partial charge in [-0.25, -0.2) is 0 Å². The van der Waals surface area contributed by atoms with Crippen LogP contribution < -0.4 is 14.8 Å². The summed E-state index contributed by atoms with van der Waals surface area (Å²) < 4.78 is 10.5. The highest BCUT2D eigenvalue weighted by Crippen LogP contribution is 2.33. The van der Waals surface area contributed by atoms with Crippen LogP contribution in [-0.4, -0.2) is 20.1 Å². The number of fused-ring (bicyclic) bond motifs is 1. The number of amides is 1. The summed E-state index contributed by atoms with van der Waals surface area (Å²) in [6, 6.07) is 5.68. The molecule has 1 amide bonds. The second-order valence-corrected chi connectivity index (χ2v) is 7.24. The number of methoxy groups -OCH3 is 2. The summed E-state index contributed by atoms with van der Waals surface area (Å²) in [7, 11) is 3.22. The third-order valence-corrected chi connectivity index (χ3v) is 5.60. The first-order valence-corrected chi connectivity index (χ1v) is 9.08. The second kappa shape index (κ2) is 7.26. The van der Waals surface area contributed by atoms with E-state index < -0.39 is 0 Å². The highest BCUT2D eigenvalue weighted by molar-refractivity contribution is 7.10. The minimum atomic E-state index is 0.0110. The van der Waals surface area contributed by atoms with Crippen LogP contribution in [0.1, 0.15) is 39.7 Å². The predicted molar refractivity (Wildman–Crippen MR) is 96.2 cm³/mol. The van der Waals surface area contributed by atoms with Gasteiger partial charge < -0.3 is 14.8 Å². The van der Waals surface area contributed by atoms with E-state index in [0.29, 0.717) is 18.0 Å². The van der Waals surface area contributed by atoms with Crippen molar-refractivity contribution in [2.45, 2.75) is 32.7 Å². The number of hydrogen-bond donors (Lipinski definition) is 1. The molecule has 1 N–H and O–H groups in total. The van der Waals surface area contributed by atoms with Crippen LogP contribution in [0.15, 0.2) is 23.6 Å². The molecular weight excluding hydrogens is 322 g/mol. The van der Waals surface area contributed by atoms with E-state index in [4.69, 9.17) is 9.47 Å². The van der Waals surface area contributed by atoms with Gasteiger partial charge in [0, 0.05) is 16.8 Å². The number of carbonyl (C=O) groups excluding carboxylic acids is 1. The monoisotopic (exact) mass is 345 g/mol. The maximum atomic E-state index is 12.5. The molecule has 128 valence electrons. The average molecular weight is 345 g/mol. The molecule has 0 spiro atoms. The Morgan fingerprint density at radius 2 is 2.08 bits per heavy atom. The summed E-state index contributed by atoms with van der Waals surface area (Å²) in [5, 5.41) is 5.03. The third kappa shape index (κ3) is 3.41. The summed E-state index contributed by atoms with van der Waals surface area (Å²) in [4.78, 5) is 13.9. The molecule has 1 atom stereocenters. The molecule has 1 aromatic heterocycles. The minimum Gasteiger partial charge on any atom is -0.493 e. The van der Waals surface area contributed by atoms with Gasteiger partial charge in [-0.15, -0.1) is 11.3 Å². The molecule has 4 nitrogen and oxygen atoms in total. The van der Waals surface area contributed by atoms with Crippen molar-refractivity contribution in [3.05, 3.63) is 45.1 Å². The van der Waals surface area contributed by atoms with Gasteiger partial charge in [-0.1, -0.05) is 13.0 Å². The Hall–Kier alpha value is -2.01. The smallest absolute Gasteiger partial charge is 0.252 e. The second-order valence-electron chi connectivity index (χ2n) is 6.27. The van der Waals surface area contributed by atoms with Gasteiger partial charge in [0.2, 0.25) is 0 Å². The molecule has 1 aliphatic carbocycles. The lowest BCUT2D eigenvalue weighted by Crippen LogP contribution is -2.24. The highest BCUT2D eigenvalue weighted by atomic mass is 32.1. The van der Waals surface area contributed by atoms with Gasteiger partial charge in [0.05, 0.1) is 19.8 Å². The van der Waals surface area contributed by atoms with E-state index in [0.717, 1.165) is 29.9 Å². The molecule has 1 aliphatic rings. The SMILES string of the molecule is COc1ccc(CNC(=O)c2csc3c2CCC(C)C3)cc1OC. The molecule has 0 fully saturated rings. The van der Waals surface area contributed by atoms with E-state index in [1.807, 2.05) is 23.6 Å². The normalized spacial score (nSPS) is 16.4.